The van der Waals surface area contributed by atoms with E-state index in [9.17, 15) is 10.1 Å². The van der Waals surface area contributed by atoms with E-state index in [-0.39, 0.29) is 18.8 Å². The van der Waals surface area contributed by atoms with Crippen LogP contribution >= 0.6 is 0 Å². The van der Waals surface area contributed by atoms with E-state index in [1.807, 2.05) is 42.5 Å². The molecule has 170 valence electrons. The topological polar surface area (TPSA) is 95.6 Å². The number of esters is 1. The Hall–Kier alpha value is -4.09. The quantitative estimate of drug-likeness (QED) is 0.202. The summed E-state index contributed by atoms with van der Waals surface area (Å²) in [4.78, 5) is 12.4. The van der Waals surface area contributed by atoms with E-state index in [2.05, 4.69) is 0 Å². The van der Waals surface area contributed by atoms with Crippen molar-refractivity contribution >= 4 is 12.0 Å². The zero-order chi connectivity index (χ0) is 23.6. The number of hydrogen-bond acceptors (Lipinski definition) is 7. The van der Waals surface area contributed by atoms with E-state index in [4.69, 9.17) is 24.0 Å². The first-order chi connectivity index (χ1) is 16.1. The number of nitrogens with zero attached hydrogens (tertiary/aromatic N) is 3. The molecule has 8 heteroatoms. The van der Waals surface area contributed by atoms with Crippen LogP contribution in [0.2, 0.25) is 0 Å². The molecule has 2 aromatic carbocycles. The van der Waals surface area contributed by atoms with E-state index in [0.717, 1.165) is 11.1 Å². The average Bonchev–Trinajstić information content (AvgIpc) is 3.24. The molecule has 0 amide bonds. The van der Waals surface area contributed by atoms with Crippen molar-refractivity contribution in [1.29, 1.82) is 5.26 Å². The molecular weight excluding hydrogens is 422 g/mol. The van der Waals surface area contributed by atoms with Crippen LogP contribution in [0, 0.1) is 11.3 Å². The Balaban J connectivity index is 2.03. The standard InChI is InChI=1S/C25H25N3O5/c1-30-11-12-33-25(29)20(15-26)13-21-17-28(16-18-7-5-4-6-8-18)27-24(21)19-9-10-22(31-2)23(14-19)32-3/h4-10,13-14,17H,11-12,16H2,1-3H3/b20-13+. The lowest BCUT2D eigenvalue weighted by Gasteiger charge is -2.09. The zero-order valence-corrected chi connectivity index (χ0v) is 18.8. The maximum atomic E-state index is 12.4. The van der Waals surface area contributed by atoms with Crippen molar-refractivity contribution in [3.8, 4) is 28.8 Å². The van der Waals surface area contributed by atoms with E-state index in [1.54, 1.807) is 37.2 Å². The maximum absolute atomic E-state index is 12.4. The Kier molecular flexibility index (Phi) is 8.22. The third kappa shape index (κ3) is 5.99. The van der Waals surface area contributed by atoms with Crippen LogP contribution < -0.4 is 9.47 Å². The number of hydrogen-bond donors (Lipinski definition) is 0. The van der Waals surface area contributed by atoms with Gasteiger partial charge in [0.15, 0.2) is 11.5 Å². The fraction of sp³-hybridized carbons (Fsp3) is 0.240. The smallest absolute Gasteiger partial charge is 0.348 e. The summed E-state index contributed by atoms with van der Waals surface area (Å²) >= 11 is 0. The van der Waals surface area contributed by atoms with Crippen LogP contribution in [0.4, 0.5) is 0 Å². The predicted octanol–water partition coefficient (Wildman–Crippen LogP) is 3.71. The molecule has 0 aliphatic carbocycles. The molecule has 0 fully saturated rings. The van der Waals surface area contributed by atoms with Gasteiger partial charge in [-0.25, -0.2) is 4.79 Å². The molecule has 0 atom stereocenters. The van der Waals surface area contributed by atoms with Crippen LogP contribution in [0.5, 0.6) is 11.5 Å². The van der Waals surface area contributed by atoms with Crippen molar-refractivity contribution in [2.45, 2.75) is 6.54 Å². The second-order valence-corrected chi connectivity index (χ2v) is 6.98. The minimum atomic E-state index is -0.719. The third-order valence-electron chi connectivity index (χ3n) is 4.80. The maximum Gasteiger partial charge on any atom is 0.348 e. The molecule has 0 spiro atoms. The van der Waals surface area contributed by atoms with Crippen LogP contribution in [-0.2, 0) is 20.8 Å². The van der Waals surface area contributed by atoms with Gasteiger partial charge in [0, 0.05) is 24.4 Å². The van der Waals surface area contributed by atoms with Crippen LogP contribution in [-0.4, -0.2) is 50.3 Å². The number of nitriles is 1. The molecule has 1 heterocycles. The van der Waals surface area contributed by atoms with Gasteiger partial charge in [-0.1, -0.05) is 30.3 Å². The summed E-state index contributed by atoms with van der Waals surface area (Å²) in [6.07, 6.45) is 3.27. The first-order valence-electron chi connectivity index (χ1n) is 10.2. The second kappa shape index (κ2) is 11.5. The summed E-state index contributed by atoms with van der Waals surface area (Å²) in [5, 5.41) is 14.3. The molecule has 0 bridgehead atoms. The van der Waals surface area contributed by atoms with Gasteiger partial charge < -0.3 is 18.9 Å². The van der Waals surface area contributed by atoms with Gasteiger partial charge >= 0.3 is 5.97 Å². The fourth-order valence-corrected chi connectivity index (χ4v) is 3.19. The monoisotopic (exact) mass is 447 g/mol. The number of carbonyl (C=O) groups excluding carboxylic acids is 1. The molecule has 0 saturated carbocycles. The fourth-order valence-electron chi connectivity index (χ4n) is 3.19. The van der Waals surface area contributed by atoms with Gasteiger partial charge in [-0.15, -0.1) is 0 Å². The highest BCUT2D eigenvalue weighted by molar-refractivity contribution is 5.98. The minimum absolute atomic E-state index is 0.0597. The van der Waals surface area contributed by atoms with Crippen LogP contribution in [0.1, 0.15) is 11.1 Å². The lowest BCUT2D eigenvalue weighted by Crippen LogP contribution is -2.11. The summed E-state index contributed by atoms with van der Waals surface area (Å²) in [6, 6.07) is 17.2. The number of ether oxygens (including phenoxy) is 4. The summed E-state index contributed by atoms with van der Waals surface area (Å²) in [6.45, 7) is 0.829. The van der Waals surface area contributed by atoms with Gasteiger partial charge in [-0.05, 0) is 29.8 Å². The summed E-state index contributed by atoms with van der Waals surface area (Å²) in [7, 11) is 4.63. The van der Waals surface area contributed by atoms with Gasteiger partial charge in [0.05, 0.1) is 33.1 Å². The number of aromatic nitrogens is 2. The molecule has 0 unspecified atom stereocenters. The molecule has 3 rings (SSSR count). The molecule has 3 aromatic rings. The number of benzene rings is 2. The third-order valence-corrected chi connectivity index (χ3v) is 4.80. The van der Waals surface area contributed by atoms with E-state index >= 15 is 0 Å². The van der Waals surface area contributed by atoms with Gasteiger partial charge in [0.25, 0.3) is 0 Å². The van der Waals surface area contributed by atoms with E-state index < -0.39 is 5.97 Å². The van der Waals surface area contributed by atoms with Gasteiger partial charge in [-0.2, -0.15) is 10.4 Å². The molecule has 33 heavy (non-hydrogen) atoms. The van der Waals surface area contributed by atoms with Gasteiger partial charge in [0.2, 0.25) is 0 Å². The Labute approximate surface area is 192 Å². The number of methoxy groups -OCH3 is 3. The largest absolute Gasteiger partial charge is 0.493 e. The lowest BCUT2D eigenvalue weighted by molar-refractivity contribution is -0.139. The highest BCUT2D eigenvalue weighted by Gasteiger charge is 2.17. The Morgan fingerprint density at radius 3 is 2.48 bits per heavy atom. The molecular formula is C25H25N3O5. The molecule has 0 aliphatic rings. The highest BCUT2D eigenvalue weighted by Crippen LogP contribution is 2.33. The molecule has 0 radical (unpaired) electrons. The minimum Gasteiger partial charge on any atom is -0.493 e. The molecule has 0 aliphatic heterocycles. The Morgan fingerprint density at radius 2 is 1.82 bits per heavy atom. The van der Waals surface area contributed by atoms with Crippen molar-refractivity contribution in [3.05, 3.63) is 71.4 Å². The average molecular weight is 447 g/mol. The van der Waals surface area contributed by atoms with Crippen molar-refractivity contribution < 1.29 is 23.7 Å². The van der Waals surface area contributed by atoms with E-state index in [1.165, 1.54) is 13.2 Å². The number of rotatable bonds is 10. The normalized spacial score (nSPS) is 11.0. The van der Waals surface area contributed by atoms with Gasteiger partial charge in [0.1, 0.15) is 18.2 Å². The first kappa shape index (κ1) is 23.6. The zero-order valence-electron chi connectivity index (χ0n) is 18.8. The van der Waals surface area contributed by atoms with Crippen molar-refractivity contribution in [2.24, 2.45) is 0 Å². The van der Waals surface area contributed by atoms with Crippen LogP contribution in [0.3, 0.4) is 0 Å². The Bertz CT molecular complexity index is 1160. The van der Waals surface area contributed by atoms with Crippen molar-refractivity contribution in [3.63, 3.8) is 0 Å². The summed E-state index contributed by atoms with van der Waals surface area (Å²) in [5.74, 6) is 0.409. The summed E-state index contributed by atoms with van der Waals surface area (Å²) < 4.78 is 22.5. The lowest BCUT2D eigenvalue weighted by atomic mass is 10.1. The van der Waals surface area contributed by atoms with Crippen molar-refractivity contribution in [1.82, 2.24) is 9.78 Å². The highest BCUT2D eigenvalue weighted by atomic mass is 16.6. The Morgan fingerprint density at radius 1 is 1.06 bits per heavy atom. The first-order valence-corrected chi connectivity index (χ1v) is 10.2. The van der Waals surface area contributed by atoms with Crippen LogP contribution in [0.25, 0.3) is 17.3 Å². The SMILES string of the molecule is COCCOC(=O)/C(C#N)=C/c1cn(Cc2ccccc2)nc1-c1ccc(OC)c(OC)c1. The molecule has 8 nitrogen and oxygen atoms in total. The molecule has 0 N–H and O–H groups in total. The second-order valence-electron chi connectivity index (χ2n) is 6.98. The summed E-state index contributed by atoms with van der Waals surface area (Å²) in [5.41, 5.74) is 2.86. The van der Waals surface area contributed by atoms with Crippen molar-refractivity contribution in [2.75, 3.05) is 34.5 Å². The predicted molar refractivity (Wildman–Crippen MR) is 123 cm³/mol. The number of carbonyl (C=O) groups is 1. The van der Waals surface area contributed by atoms with Gasteiger partial charge in [-0.3, -0.25) is 4.68 Å². The molecule has 0 saturated heterocycles. The molecule has 1 aromatic heterocycles. The van der Waals surface area contributed by atoms with E-state index in [0.29, 0.717) is 29.3 Å². The van der Waals surface area contributed by atoms with Crippen LogP contribution in [0.15, 0.2) is 60.3 Å².